The minimum Gasteiger partial charge on any atom is -0.319 e. The lowest BCUT2D eigenvalue weighted by molar-refractivity contribution is 0.127. The molecular weight excluding hydrogens is 248 g/mol. The van der Waals surface area contributed by atoms with Gasteiger partial charge in [0.05, 0.1) is 11.5 Å². The van der Waals surface area contributed by atoms with Gasteiger partial charge in [-0.1, -0.05) is 20.3 Å². The molecule has 1 heterocycles. The van der Waals surface area contributed by atoms with Crippen LogP contribution >= 0.6 is 0 Å². The lowest BCUT2D eigenvalue weighted by Crippen LogP contribution is -2.52. The van der Waals surface area contributed by atoms with E-state index in [0.29, 0.717) is 18.1 Å². The van der Waals surface area contributed by atoms with E-state index in [-0.39, 0.29) is 11.5 Å². The molecule has 0 saturated carbocycles. The Morgan fingerprint density at radius 2 is 2.11 bits per heavy atom. The van der Waals surface area contributed by atoms with Gasteiger partial charge in [0.1, 0.15) is 0 Å². The van der Waals surface area contributed by atoms with Crippen LogP contribution in [0.5, 0.6) is 0 Å². The third kappa shape index (κ3) is 4.52. The van der Waals surface area contributed by atoms with Crippen LogP contribution in [0.25, 0.3) is 0 Å². The molecule has 0 spiro atoms. The molecule has 1 aliphatic heterocycles. The number of hydrogen-bond acceptors (Lipinski definition) is 4. The van der Waals surface area contributed by atoms with E-state index in [9.17, 15) is 8.42 Å². The molecule has 1 saturated heterocycles. The maximum absolute atomic E-state index is 11.6. The molecule has 0 bridgehead atoms. The van der Waals surface area contributed by atoms with Crippen LogP contribution in [0.2, 0.25) is 0 Å². The van der Waals surface area contributed by atoms with Gasteiger partial charge in [0.25, 0.3) is 0 Å². The van der Waals surface area contributed by atoms with Gasteiger partial charge in [-0.15, -0.1) is 0 Å². The number of hydrogen-bond donors (Lipinski definition) is 1. The lowest BCUT2D eigenvalue weighted by atomic mass is 9.84. The van der Waals surface area contributed by atoms with Crippen LogP contribution in [0.15, 0.2) is 0 Å². The van der Waals surface area contributed by atoms with Crippen molar-refractivity contribution < 1.29 is 8.42 Å². The maximum Gasteiger partial charge on any atom is 0.153 e. The smallest absolute Gasteiger partial charge is 0.153 e. The third-order valence-electron chi connectivity index (χ3n) is 3.85. The van der Waals surface area contributed by atoms with Crippen LogP contribution in [0.3, 0.4) is 0 Å². The normalized spacial score (nSPS) is 27.9. The summed E-state index contributed by atoms with van der Waals surface area (Å²) in [6, 6.07) is 0.150. The van der Waals surface area contributed by atoms with Crippen molar-refractivity contribution in [1.29, 1.82) is 0 Å². The van der Waals surface area contributed by atoms with E-state index in [1.54, 1.807) is 0 Å². The maximum atomic E-state index is 11.6. The van der Waals surface area contributed by atoms with E-state index in [2.05, 4.69) is 24.1 Å². The fourth-order valence-corrected chi connectivity index (χ4v) is 4.64. The predicted octanol–water partition coefficient (Wildman–Crippen LogP) is 1.13. The monoisotopic (exact) mass is 276 g/mol. The Morgan fingerprint density at radius 1 is 1.44 bits per heavy atom. The van der Waals surface area contributed by atoms with Crippen LogP contribution in [-0.2, 0) is 9.84 Å². The second kappa shape index (κ2) is 6.35. The molecule has 108 valence electrons. The fraction of sp³-hybridized carbons (Fsp3) is 1.00. The fourth-order valence-electron chi connectivity index (χ4n) is 3.01. The van der Waals surface area contributed by atoms with Gasteiger partial charge in [-0.3, -0.25) is 4.90 Å². The minimum absolute atomic E-state index is 0.150. The standard InChI is InChI=1S/C13H28N2O2S/c1-5-6-13(3,10-14-4)11-15-7-8-18(16,17)9-12(15)2/h12,14H,5-11H2,1-4H3. The zero-order valence-corrected chi connectivity index (χ0v) is 13.0. The molecule has 1 fully saturated rings. The number of rotatable bonds is 6. The highest BCUT2D eigenvalue weighted by Gasteiger charge is 2.33. The first-order valence-electron chi connectivity index (χ1n) is 6.91. The van der Waals surface area contributed by atoms with Gasteiger partial charge in [-0.2, -0.15) is 0 Å². The summed E-state index contributed by atoms with van der Waals surface area (Å²) in [7, 11) is -0.818. The molecule has 1 N–H and O–H groups in total. The first-order chi connectivity index (χ1) is 8.32. The second-order valence-electron chi connectivity index (χ2n) is 6.02. The van der Waals surface area contributed by atoms with Crippen molar-refractivity contribution in [3.8, 4) is 0 Å². The van der Waals surface area contributed by atoms with E-state index in [1.807, 2.05) is 14.0 Å². The first-order valence-corrected chi connectivity index (χ1v) is 8.73. The number of nitrogens with one attached hydrogen (secondary N) is 1. The van der Waals surface area contributed by atoms with Crippen LogP contribution < -0.4 is 5.32 Å². The molecule has 0 aromatic rings. The average molecular weight is 276 g/mol. The summed E-state index contributed by atoms with van der Waals surface area (Å²) in [5.41, 5.74) is 0.235. The predicted molar refractivity (Wildman–Crippen MR) is 76.6 cm³/mol. The summed E-state index contributed by atoms with van der Waals surface area (Å²) in [5, 5.41) is 3.27. The topological polar surface area (TPSA) is 49.4 Å². The highest BCUT2D eigenvalue weighted by atomic mass is 32.2. The Labute approximate surface area is 112 Å². The quantitative estimate of drug-likeness (QED) is 0.790. The molecule has 0 aromatic carbocycles. The van der Waals surface area contributed by atoms with Crippen LogP contribution in [0.1, 0.15) is 33.6 Å². The van der Waals surface area contributed by atoms with Gasteiger partial charge in [-0.05, 0) is 25.8 Å². The van der Waals surface area contributed by atoms with Gasteiger partial charge >= 0.3 is 0 Å². The van der Waals surface area contributed by atoms with Crippen molar-refractivity contribution in [2.75, 3.05) is 38.2 Å². The van der Waals surface area contributed by atoms with Gasteiger partial charge in [0, 0.05) is 25.7 Å². The average Bonchev–Trinajstić information content (AvgIpc) is 2.22. The molecular formula is C13H28N2O2S. The van der Waals surface area contributed by atoms with Gasteiger partial charge < -0.3 is 5.32 Å². The Kier molecular flexibility index (Phi) is 5.62. The Morgan fingerprint density at radius 3 is 2.61 bits per heavy atom. The van der Waals surface area contributed by atoms with Crippen molar-refractivity contribution in [2.45, 2.75) is 39.7 Å². The molecule has 5 heteroatoms. The van der Waals surface area contributed by atoms with E-state index in [4.69, 9.17) is 0 Å². The van der Waals surface area contributed by atoms with Crippen molar-refractivity contribution in [3.05, 3.63) is 0 Å². The van der Waals surface area contributed by atoms with Crippen LogP contribution in [0, 0.1) is 5.41 Å². The highest BCUT2D eigenvalue weighted by molar-refractivity contribution is 7.91. The number of sulfone groups is 1. The Hall–Kier alpha value is -0.130. The molecule has 2 unspecified atom stereocenters. The molecule has 0 aliphatic carbocycles. The molecule has 4 nitrogen and oxygen atoms in total. The summed E-state index contributed by atoms with van der Waals surface area (Å²) in [6.07, 6.45) is 2.34. The van der Waals surface area contributed by atoms with Gasteiger partial charge in [-0.25, -0.2) is 8.42 Å². The van der Waals surface area contributed by atoms with Crippen molar-refractivity contribution in [3.63, 3.8) is 0 Å². The summed E-state index contributed by atoms with van der Waals surface area (Å²) >= 11 is 0. The SMILES string of the molecule is CCCC(C)(CNC)CN1CCS(=O)(=O)CC1C. The lowest BCUT2D eigenvalue weighted by Gasteiger charge is -2.40. The molecule has 2 atom stereocenters. The molecule has 0 amide bonds. The zero-order valence-electron chi connectivity index (χ0n) is 12.2. The first kappa shape index (κ1) is 15.9. The van der Waals surface area contributed by atoms with Crippen molar-refractivity contribution in [2.24, 2.45) is 5.41 Å². The van der Waals surface area contributed by atoms with E-state index in [1.165, 1.54) is 12.8 Å². The third-order valence-corrected chi connectivity index (χ3v) is 5.64. The summed E-state index contributed by atoms with van der Waals surface area (Å²) in [6.45, 7) is 9.19. The highest BCUT2D eigenvalue weighted by Crippen LogP contribution is 2.26. The largest absolute Gasteiger partial charge is 0.319 e. The summed E-state index contributed by atoms with van der Waals surface area (Å²) in [5.74, 6) is 0.633. The van der Waals surface area contributed by atoms with E-state index >= 15 is 0 Å². The van der Waals surface area contributed by atoms with E-state index < -0.39 is 9.84 Å². The van der Waals surface area contributed by atoms with Crippen LogP contribution in [0.4, 0.5) is 0 Å². The summed E-state index contributed by atoms with van der Waals surface area (Å²) < 4.78 is 23.2. The van der Waals surface area contributed by atoms with Crippen LogP contribution in [-0.4, -0.2) is 57.5 Å². The Bertz CT molecular complexity index is 348. The molecule has 1 aliphatic rings. The van der Waals surface area contributed by atoms with Gasteiger partial charge in [0.15, 0.2) is 9.84 Å². The summed E-state index contributed by atoms with van der Waals surface area (Å²) in [4.78, 5) is 2.34. The molecule has 0 aromatic heterocycles. The number of nitrogens with zero attached hydrogens (tertiary/aromatic N) is 1. The molecule has 1 rings (SSSR count). The van der Waals surface area contributed by atoms with Crippen molar-refractivity contribution >= 4 is 9.84 Å². The Balaban J connectivity index is 2.65. The minimum atomic E-state index is -2.80. The van der Waals surface area contributed by atoms with E-state index in [0.717, 1.165) is 13.1 Å². The second-order valence-corrected chi connectivity index (χ2v) is 8.25. The molecule has 0 radical (unpaired) electrons. The van der Waals surface area contributed by atoms with Crippen molar-refractivity contribution in [1.82, 2.24) is 10.2 Å². The molecule has 18 heavy (non-hydrogen) atoms. The zero-order chi connectivity index (χ0) is 13.8. The van der Waals surface area contributed by atoms with Gasteiger partial charge in [0.2, 0.25) is 0 Å².